The monoisotopic (exact) mass is 321 g/mol. The number of pyridine rings is 1. The summed E-state index contributed by atoms with van der Waals surface area (Å²) in [4.78, 5) is 33.5. The van der Waals surface area contributed by atoms with Crippen molar-refractivity contribution in [2.45, 2.75) is 31.3 Å². The number of hydrogen-bond donors (Lipinski definition) is 0. The molecule has 1 aromatic carbocycles. The normalized spacial score (nSPS) is 21.8. The second-order valence-corrected chi connectivity index (χ2v) is 6.26. The van der Waals surface area contributed by atoms with Gasteiger partial charge >= 0.3 is 6.03 Å². The van der Waals surface area contributed by atoms with Gasteiger partial charge in [-0.05, 0) is 37.0 Å². The summed E-state index contributed by atoms with van der Waals surface area (Å²) >= 11 is 0. The standard InChI is InChI=1S/C19H19N3O2/c23-18-16-11-5-7-13-21(16)19(24)22(18)17(14-8-2-1-3-9-14)15-10-4-6-12-20-15/h1-4,6,8-10,12,16-17H,5,7,11,13H2/t16-,17-/m1/s1. The van der Waals surface area contributed by atoms with Crippen molar-refractivity contribution in [1.29, 1.82) is 0 Å². The summed E-state index contributed by atoms with van der Waals surface area (Å²) in [6.45, 7) is 0.662. The van der Waals surface area contributed by atoms with Crippen LogP contribution in [0.3, 0.4) is 0 Å². The molecule has 3 heterocycles. The maximum absolute atomic E-state index is 13.0. The number of benzene rings is 1. The zero-order valence-corrected chi connectivity index (χ0v) is 13.3. The summed E-state index contributed by atoms with van der Waals surface area (Å²) in [6.07, 6.45) is 4.41. The maximum Gasteiger partial charge on any atom is 0.328 e. The average Bonchev–Trinajstić information content (AvgIpc) is 2.90. The molecule has 5 nitrogen and oxygen atoms in total. The lowest BCUT2D eigenvalue weighted by Gasteiger charge is -2.27. The first-order valence-electron chi connectivity index (χ1n) is 8.37. The molecular weight excluding hydrogens is 302 g/mol. The molecule has 0 radical (unpaired) electrons. The van der Waals surface area contributed by atoms with Gasteiger partial charge in [0.25, 0.3) is 5.91 Å². The van der Waals surface area contributed by atoms with Crippen molar-refractivity contribution < 1.29 is 9.59 Å². The number of carbonyl (C=O) groups excluding carboxylic acids is 2. The van der Waals surface area contributed by atoms with E-state index < -0.39 is 6.04 Å². The first-order chi connectivity index (χ1) is 11.8. The van der Waals surface area contributed by atoms with Gasteiger partial charge < -0.3 is 4.90 Å². The van der Waals surface area contributed by atoms with Gasteiger partial charge in [0.15, 0.2) is 0 Å². The summed E-state index contributed by atoms with van der Waals surface area (Å²) in [6, 6.07) is 14.3. The van der Waals surface area contributed by atoms with Crippen molar-refractivity contribution in [2.24, 2.45) is 0 Å². The predicted molar refractivity (Wildman–Crippen MR) is 89.1 cm³/mol. The Balaban J connectivity index is 1.79. The third kappa shape index (κ3) is 2.37. The second kappa shape index (κ2) is 6.07. The molecule has 2 aromatic rings. The van der Waals surface area contributed by atoms with Crippen molar-refractivity contribution in [3.63, 3.8) is 0 Å². The van der Waals surface area contributed by atoms with Crippen LogP contribution in [0, 0.1) is 0 Å². The minimum Gasteiger partial charge on any atom is -0.312 e. The quantitative estimate of drug-likeness (QED) is 0.817. The minimum atomic E-state index is -0.474. The highest BCUT2D eigenvalue weighted by molar-refractivity contribution is 6.05. The molecule has 0 saturated carbocycles. The van der Waals surface area contributed by atoms with Crippen LogP contribution < -0.4 is 0 Å². The van der Waals surface area contributed by atoms with E-state index in [1.165, 1.54) is 4.90 Å². The molecule has 4 rings (SSSR count). The first-order valence-corrected chi connectivity index (χ1v) is 8.37. The van der Waals surface area contributed by atoms with Gasteiger partial charge in [-0.25, -0.2) is 9.69 Å². The lowest BCUT2D eigenvalue weighted by Crippen LogP contribution is -2.39. The zero-order valence-electron chi connectivity index (χ0n) is 13.3. The molecule has 3 amide bonds. The van der Waals surface area contributed by atoms with Gasteiger partial charge in [0.05, 0.1) is 5.69 Å². The highest BCUT2D eigenvalue weighted by Crippen LogP contribution is 2.35. The third-order valence-corrected chi connectivity index (χ3v) is 4.82. The summed E-state index contributed by atoms with van der Waals surface area (Å²) in [5, 5.41) is 0. The highest BCUT2D eigenvalue weighted by atomic mass is 16.2. The van der Waals surface area contributed by atoms with Gasteiger partial charge in [-0.1, -0.05) is 36.4 Å². The largest absolute Gasteiger partial charge is 0.328 e. The maximum atomic E-state index is 13.0. The number of urea groups is 1. The fraction of sp³-hybridized carbons (Fsp3) is 0.316. The number of amides is 3. The molecule has 1 aromatic heterocycles. The molecule has 5 heteroatoms. The summed E-state index contributed by atoms with van der Waals surface area (Å²) in [7, 11) is 0. The Kier molecular flexibility index (Phi) is 3.76. The van der Waals surface area contributed by atoms with E-state index in [9.17, 15) is 9.59 Å². The summed E-state index contributed by atoms with van der Waals surface area (Å²) in [5.41, 5.74) is 1.61. The lowest BCUT2D eigenvalue weighted by molar-refractivity contribution is -0.130. The number of nitrogens with zero attached hydrogens (tertiary/aromatic N) is 3. The van der Waals surface area contributed by atoms with Crippen LogP contribution in [0.1, 0.15) is 36.6 Å². The van der Waals surface area contributed by atoms with Crippen LogP contribution in [-0.2, 0) is 4.79 Å². The number of fused-ring (bicyclic) bond motifs is 1. The molecule has 0 N–H and O–H groups in total. The lowest BCUT2D eigenvalue weighted by atomic mass is 10.00. The number of hydrogen-bond acceptors (Lipinski definition) is 3. The highest BCUT2D eigenvalue weighted by Gasteiger charge is 2.49. The van der Waals surface area contributed by atoms with E-state index in [0.29, 0.717) is 12.2 Å². The van der Waals surface area contributed by atoms with Crippen LogP contribution in [0.4, 0.5) is 4.79 Å². The fourth-order valence-corrected chi connectivity index (χ4v) is 3.67. The SMILES string of the molecule is O=C1[C@H]2CCCCN2C(=O)N1[C@H](c1ccccc1)c1ccccn1. The Morgan fingerprint density at radius 3 is 2.50 bits per heavy atom. The van der Waals surface area contributed by atoms with Crippen molar-refractivity contribution >= 4 is 11.9 Å². The van der Waals surface area contributed by atoms with E-state index in [1.807, 2.05) is 48.5 Å². The Morgan fingerprint density at radius 1 is 1.00 bits per heavy atom. The minimum absolute atomic E-state index is 0.0980. The van der Waals surface area contributed by atoms with E-state index in [2.05, 4.69) is 4.98 Å². The molecule has 2 aliphatic heterocycles. The topological polar surface area (TPSA) is 53.5 Å². The van der Waals surface area contributed by atoms with Crippen LogP contribution in [0.25, 0.3) is 0 Å². The molecule has 2 atom stereocenters. The van der Waals surface area contributed by atoms with Crippen LogP contribution in [0.5, 0.6) is 0 Å². The smallest absolute Gasteiger partial charge is 0.312 e. The fourth-order valence-electron chi connectivity index (χ4n) is 3.67. The van der Waals surface area contributed by atoms with Gasteiger partial charge in [-0.15, -0.1) is 0 Å². The predicted octanol–water partition coefficient (Wildman–Crippen LogP) is 2.99. The molecular formula is C19H19N3O2. The number of carbonyl (C=O) groups is 2. The number of piperidine rings is 1. The van der Waals surface area contributed by atoms with Crippen molar-refractivity contribution in [1.82, 2.24) is 14.8 Å². The molecule has 0 unspecified atom stereocenters. The van der Waals surface area contributed by atoms with E-state index in [-0.39, 0.29) is 18.0 Å². The van der Waals surface area contributed by atoms with Gasteiger partial charge in [-0.3, -0.25) is 9.78 Å². The van der Waals surface area contributed by atoms with E-state index >= 15 is 0 Å². The molecule has 24 heavy (non-hydrogen) atoms. The number of imide groups is 1. The molecule has 0 aliphatic carbocycles. The van der Waals surface area contributed by atoms with Crippen molar-refractivity contribution in [3.05, 3.63) is 66.0 Å². The van der Waals surface area contributed by atoms with Gasteiger partial charge in [0.1, 0.15) is 12.1 Å². The van der Waals surface area contributed by atoms with Crippen molar-refractivity contribution in [2.75, 3.05) is 6.54 Å². The molecule has 122 valence electrons. The molecule has 0 spiro atoms. The van der Waals surface area contributed by atoms with Crippen LogP contribution in [0.2, 0.25) is 0 Å². The van der Waals surface area contributed by atoms with Crippen LogP contribution in [-0.4, -0.2) is 39.3 Å². The average molecular weight is 321 g/mol. The van der Waals surface area contributed by atoms with Gasteiger partial charge in [0, 0.05) is 12.7 Å². The van der Waals surface area contributed by atoms with Gasteiger partial charge in [-0.2, -0.15) is 0 Å². The third-order valence-electron chi connectivity index (χ3n) is 4.82. The number of aromatic nitrogens is 1. The zero-order chi connectivity index (χ0) is 16.5. The van der Waals surface area contributed by atoms with E-state index in [1.54, 1.807) is 11.1 Å². The molecule has 2 fully saturated rings. The molecule has 0 bridgehead atoms. The van der Waals surface area contributed by atoms with E-state index in [4.69, 9.17) is 0 Å². The van der Waals surface area contributed by atoms with Gasteiger partial charge in [0.2, 0.25) is 0 Å². The Bertz CT molecular complexity index is 684. The summed E-state index contributed by atoms with van der Waals surface area (Å²) in [5.74, 6) is -0.0980. The number of rotatable bonds is 3. The second-order valence-electron chi connectivity index (χ2n) is 6.26. The summed E-state index contributed by atoms with van der Waals surface area (Å²) < 4.78 is 0. The van der Waals surface area contributed by atoms with Crippen LogP contribution in [0.15, 0.2) is 54.7 Å². The Morgan fingerprint density at radius 2 is 1.79 bits per heavy atom. The molecule has 2 aliphatic rings. The molecule has 2 saturated heterocycles. The van der Waals surface area contributed by atoms with Crippen LogP contribution >= 0.6 is 0 Å². The Hall–Kier alpha value is -2.69. The first kappa shape index (κ1) is 14.9. The van der Waals surface area contributed by atoms with Crippen molar-refractivity contribution in [3.8, 4) is 0 Å². The van der Waals surface area contributed by atoms with E-state index in [0.717, 1.165) is 24.8 Å². The Labute approximate surface area is 140 Å².